The Morgan fingerprint density at radius 2 is 2.53 bits per heavy atom. The van der Waals surface area contributed by atoms with E-state index < -0.39 is 12.1 Å². The lowest BCUT2D eigenvalue weighted by atomic mass is 10.6. The summed E-state index contributed by atoms with van der Waals surface area (Å²) in [6, 6.07) is 0. The van der Waals surface area contributed by atoms with E-state index in [2.05, 4.69) is 14.8 Å². The topological polar surface area (TPSA) is 79.9 Å². The summed E-state index contributed by atoms with van der Waals surface area (Å²) < 4.78 is 11.6. The Morgan fingerprint density at radius 3 is 2.93 bits per heavy atom. The quantitative estimate of drug-likeness (QED) is 0.259. The minimum Gasteiger partial charge on any atom is -0.391 e. The summed E-state index contributed by atoms with van der Waals surface area (Å²) in [6.45, 7) is -1.14. The van der Waals surface area contributed by atoms with Gasteiger partial charge in [0.2, 0.25) is 5.84 Å². The maximum atomic E-state index is 11.6. The average Bonchev–Trinajstić information content (AvgIpc) is 2.52. The van der Waals surface area contributed by atoms with Gasteiger partial charge >= 0.3 is 0 Å². The number of amidine groups is 1. The van der Waals surface area contributed by atoms with Crippen molar-refractivity contribution in [3.63, 3.8) is 0 Å². The summed E-state index contributed by atoms with van der Waals surface area (Å²) in [7, 11) is 0. The van der Waals surface area contributed by atoms with Crippen molar-refractivity contribution >= 4 is 47.0 Å². The van der Waals surface area contributed by atoms with Gasteiger partial charge in [0.25, 0.3) is 12.1 Å². The first-order chi connectivity index (χ1) is 6.65. The Labute approximate surface area is 100 Å². The first-order valence-electron chi connectivity index (χ1n) is 3.30. The van der Waals surface area contributed by atoms with E-state index in [1.807, 2.05) is 0 Å². The van der Waals surface area contributed by atoms with Crippen LogP contribution in [-0.4, -0.2) is 22.9 Å². The van der Waals surface area contributed by atoms with Crippen LogP contribution in [0.2, 0.25) is 0 Å². The summed E-state index contributed by atoms with van der Waals surface area (Å²) in [5.41, 5.74) is 5.39. The van der Waals surface area contributed by atoms with E-state index in [1.54, 1.807) is 0 Å². The molecule has 1 aliphatic heterocycles. The lowest BCUT2D eigenvalue weighted by molar-refractivity contribution is -0.107. The van der Waals surface area contributed by atoms with Crippen LogP contribution in [0.25, 0.3) is 0 Å². The van der Waals surface area contributed by atoms with Gasteiger partial charge in [0.1, 0.15) is 5.03 Å². The highest BCUT2D eigenvalue weighted by Gasteiger charge is 2.21. The van der Waals surface area contributed by atoms with Crippen molar-refractivity contribution in [3.8, 4) is 0 Å². The zero-order chi connectivity index (χ0) is 10.6. The van der Waals surface area contributed by atoms with E-state index >= 15 is 0 Å². The molecule has 1 rings (SSSR count). The van der Waals surface area contributed by atoms with Gasteiger partial charge in [0.15, 0.2) is 0 Å². The molecular formula is C5H7Cl2FN4O2S. The smallest absolute Gasteiger partial charge is 0.292 e. The van der Waals surface area contributed by atoms with Gasteiger partial charge in [0, 0.05) is 0 Å². The lowest BCUT2D eigenvalue weighted by Crippen LogP contribution is -2.35. The van der Waals surface area contributed by atoms with Crippen molar-refractivity contribution in [2.45, 2.75) is 0 Å². The summed E-state index contributed by atoms with van der Waals surface area (Å²) in [5.74, 6) is -0.294. The highest BCUT2D eigenvalue weighted by atomic mass is 35.5. The number of carbonyl (C=O) groups excluding carboxylic acids is 1. The Bertz CT molecular complexity index is 301. The molecule has 0 bridgehead atoms. The minimum absolute atomic E-state index is 0. The number of nitrogens with zero attached hydrogens (tertiary/aromatic N) is 2. The van der Waals surface area contributed by atoms with Crippen LogP contribution in [0.15, 0.2) is 16.4 Å². The third kappa shape index (κ3) is 4.12. The molecule has 0 radical (unpaired) electrons. The number of hydrazine groups is 1. The number of nitrogens with two attached hydrogens (primary N) is 1. The second kappa shape index (κ2) is 6.72. The van der Waals surface area contributed by atoms with Crippen LogP contribution in [0.1, 0.15) is 0 Å². The molecule has 0 spiro atoms. The SMILES string of the molecule is Cl.NC1=CN(C(=NOCF)C(=O)Cl)NS1. The molecule has 86 valence electrons. The van der Waals surface area contributed by atoms with Crippen LogP contribution >= 0.6 is 36.0 Å². The van der Waals surface area contributed by atoms with E-state index in [9.17, 15) is 9.18 Å². The molecule has 0 fully saturated rings. The maximum Gasteiger partial charge on any atom is 0.292 e. The number of hydrogen-bond acceptors (Lipinski definition) is 6. The Hall–Kier alpha value is -0.700. The molecular weight excluding hydrogens is 270 g/mol. The monoisotopic (exact) mass is 276 g/mol. The molecule has 0 saturated carbocycles. The summed E-state index contributed by atoms with van der Waals surface area (Å²) in [5, 5.41) is 3.82. The van der Waals surface area contributed by atoms with Gasteiger partial charge in [-0.15, -0.1) is 12.4 Å². The molecule has 0 aliphatic carbocycles. The Balaban J connectivity index is 0.00000196. The zero-order valence-corrected chi connectivity index (χ0v) is 9.53. The lowest BCUT2D eigenvalue weighted by Gasteiger charge is -2.12. The molecule has 1 aliphatic rings. The molecule has 0 aromatic heterocycles. The van der Waals surface area contributed by atoms with Crippen molar-refractivity contribution in [1.29, 1.82) is 0 Å². The third-order valence-electron chi connectivity index (χ3n) is 1.12. The van der Waals surface area contributed by atoms with Gasteiger partial charge in [0.05, 0.1) is 6.20 Å². The van der Waals surface area contributed by atoms with Crippen LogP contribution in [0.3, 0.4) is 0 Å². The number of nitrogens with one attached hydrogen (secondary N) is 1. The second-order valence-corrected chi connectivity index (χ2v) is 3.22. The van der Waals surface area contributed by atoms with Gasteiger partial charge in [-0.1, -0.05) is 5.16 Å². The van der Waals surface area contributed by atoms with Crippen molar-refractivity contribution in [2.75, 3.05) is 6.86 Å². The molecule has 10 heteroatoms. The van der Waals surface area contributed by atoms with Crippen LogP contribution in [0.4, 0.5) is 4.39 Å². The number of hydrogen-bond donors (Lipinski definition) is 2. The maximum absolute atomic E-state index is 11.6. The van der Waals surface area contributed by atoms with Gasteiger partial charge in [-0.2, -0.15) is 4.83 Å². The minimum atomic E-state index is -1.14. The molecule has 0 atom stereocenters. The van der Waals surface area contributed by atoms with Gasteiger partial charge in [-0.05, 0) is 23.5 Å². The number of rotatable bonds is 3. The highest BCUT2D eigenvalue weighted by Crippen LogP contribution is 2.15. The van der Waals surface area contributed by atoms with E-state index in [4.69, 9.17) is 17.3 Å². The number of halogens is 3. The normalized spacial score (nSPS) is 15.7. The molecule has 1 heterocycles. The highest BCUT2D eigenvalue weighted by molar-refractivity contribution is 8.01. The molecule has 15 heavy (non-hydrogen) atoms. The Kier molecular flexibility index (Phi) is 6.41. The summed E-state index contributed by atoms with van der Waals surface area (Å²) >= 11 is 6.23. The first-order valence-corrected chi connectivity index (χ1v) is 4.49. The van der Waals surface area contributed by atoms with Gasteiger partial charge in [-0.3, -0.25) is 4.79 Å². The number of carbonyl (C=O) groups is 1. The van der Waals surface area contributed by atoms with Gasteiger partial charge in [-0.25, -0.2) is 9.40 Å². The first kappa shape index (κ1) is 14.3. The van der Waals surface area contributed by atoms with Crippen molar-refractivity contribution in [2.24, 2.45) is 10.9 Å². The van der Waals surface area contributed by atoms with Crippen molar-refractivity contribution in [3.05, 3.63) is 11.2 Å². The van der Waals surface area contributed by atoms with Crippen LogP contribution < -0.4 is 10.6 Å². The number of alkyl halides is 1. The average molecular weight is 277 g/mol. The fraction of sp³-hybridized carbons (Fsp3) is 0.200. The fourth-order valence-corrected chi connectivity index (χ4v) is 1.27. The molecule has 0 unspecified atom stereocenters. The van der Waals surface area contributed by atoms with Gasteiger partial charge < -0.3 is 10.6 Å². The predicted molar refractivity (Wildman–Crippen MR) is 57.4 cm³/mol. The predicted octanol–water partition coefficient (Wildman–Crippen LogP) is 0.657. The molecule has 0 aromatic rings. The van der Waals surface area contributed by atoms with Crippen LogP contribution in [0, 0.1) is 0 Å². The molecule has 3 N–H and O–H groups in total. The van der Waals surface area contributed by atoms with E-state index in [-0.39, 0.29) is 18.2 Å². The van der Waals surface area contributed by atoms with Crippen LogP contribution in [0.5, 0.6) is 0 Å². The van der Waals surface area contributed by atoms with Crippen molar-refractivity contribution < 1.29 is 14.0 Å². The third-order valence-corrected chi connectivity index (χ3v) is 1.92. The second-order valence-electron chi connectivity index (χ2n) is 2.02. The van der Waals surface area contributed by atoms with E-state index in [0.29, 0.717) is 5.03 Å². The van der Waals surface area contributed by atoms with Crippen LogP contribution in [-0.2, 0) is 9.63 Å². The summed E-state index contributed by atoms with van der Waals surface area (Å²) in [6.07, 6.45) is 1.37. The number of oxime groups is 1. The molecule has 0 amide bonds. The fourth-order valence-electron chi connectivity index (χ4n) is 0.646. The van der Waals surface area contributed by atoms with E-state index in [0.717, 1.165) is 17.0 Å². The zero-order valence-electron chi connectivity index (χ0n) is 7.15. The molecule has 6 nitrogen and oxygen atoms in total. The van der Waals surface area contributed by atoms with E-state index in [1.165, 1.54) is 6.20 Å². The largest absolute Gasteiger partial charge is 0.391 e. The molecule has 0 aromatic carbocycles. The van der Waals surface area contributed by atoms with Crippen molar-refractivity contribution in [1.82, 2.24) is 9.84 Å². The Morgan fingerprint density at radius 1 is 1.87 bits per heavy atom. The summed E-state index contributed by atoms with van der Waals surface area (Å²) in [4.78, 5) is 17.5. The molecule has 0 saturated heterocycles. The standard InChI is InChI=1S/C5H6ClFN4O2S.ClH/c6-4(12)5(9-13-2-7)11-1-3(8)14-10-11;/h1,10H,2,8H2;1H.